The van der Waals surface area contributed by atoms with Crippen LogP contribution in [0.15, 0.2) is 47.6 Å². The number of hydrogen-bond donors (Lipinski definition) is 1. The fraction of sp³-hybridized carbons (Fsp3) is 0.143. The maximum absolute atomic E-state index is 12.4. The summed E-state index contributed by atoms with van der Waals surface area (Å²) in [5.41, 5.74) is 6.16. The van der Waals surface area contributed by atoms with E-state index in [1.54, 1.807) is 12.1 Å². The average Bonchev–Trinajstić information content (AvgIpc) is 2.95. The number of aryl methyl sites for hydroxylation is 1. The number of benzene rings is 2. The van der Waals surface area contributed by atoms with Gasteiger partial charge < -0.3 is 4.57 Å². The molecule has 0 fully saturated rings. The highest BCUT2D eigenvalue weighted by atomic mass is 35.5. The van der Waals surface area contributed by atoms with Crippen LogP contribution in [-0.4, -0.2) is 21.6 Å². The summed E-state index contributed by atoms with van der Waals surface area (Å²) in [5.74, 6) is -0.526. The molecule has 1 amide bonds. The van der Waals surface area contributed by atoms with Gasteiger partial charge in [0.2, 0.25) is 0 Å². The number of nitrogens with zero attached hydrogens (tertiary/aromatic N) is 3. The second kappa shape index (κ2) is 8.69. The zero-order valence-corrected chi connectivity index (χ0v) is 18.0. The van der Waals surface area contributed by atoms with E-state index in [1.165, 1.54) is 31.3 Å². The van der Waals surface area contributed by atoms with Crippen LogP contribution >= 0.6 is 23.2 Å². The van der Waals surface area contributed by atoms with Crippen LogP contribution in [-0.2, 0) is 0 Å². The molecule has 2 aromatic carbocycles. The number of amides is 1. The fourth-order valence-corrected chi connectivity index (χ4v) is 3.73. The number of carbonyl (C=O) groups is 1. The van der Waals surface area contributed by atoms with Crippen LogP contribution in [0.4, 0.5) is 5.69 Å². The van der Waals surface area contributed by atoms with Gasteiger partial charge in [0, 0.05) is 33.6 Å². The molecule has 0 aliphatic rings. The Morgan fingerprint density at radius 3 is 2.57 bits per heavy atom. The first-order valence-corrected chi connectivity index (χ1v) is 9.68. The second-order valence-corrected chi connectivity index (χ2v) is 7.51. The summed E-state index contributed by atoms with van der Waals surface area (Å²) < 4.78 is 1.96. The SMILES string of the molecule is Cc1c(C(=O)N/N=C\c2cc(C)n(-c3ccc(Cl)cc3Cl)c2C)cccc1[N+](=O)[O-]. The van der Waals surface area contributed by atoms with Crippen molar-refractivity contribution >= 4 is 41.0 Å². The molecule has 0 bridgehead atoms. The van der Waals surface area contributed by atoms with Gasteiger partial charge >= 0.3 is 0 Å². The monoisotopic (exact) mass is 444 g/mol. The zero-order valence-electron chi connectivity index (χ0n) is 16.4. The van der Waals surface area contributed by atoms with E-state index in [4.69, 9.17) is 23.2 Å². The van der Waals surface area contributed by atoms with Crippen molar-refractivity contribution in [2.24, 2.45) is 5.10 Å². The van der Waals surface area contributed by atoms with Gasteiger partial charge in [-0.15, -0.1) is 0 Å². The average molecular weight is 445 g/mol. The molecule has 0 saturated carbocycles. The predicted molar refractivity (Wildman–Crippen MR) is 118 cm³/mol. The number of halogens is 2. The minimum Gasteiger partial charge on any atom is -0.316 e. The van der Waals surface area contributed by atoms with Crippen LogP contribution in [0.5, 0.6) is 0 Å². The van der Waals surface area contributed by atoms with Crippen LogP contribution in [0, 0.1) is 30.9 Å². The van der Waals surface area contributed by atoms with Gasteiger partial charge in [-0.25, -0.2) is 5.43 Å². The summed E-state index contributed by atoms with van der Waals surface area (Å²) in [7, 11) is 0. The normalized spacial score (nSPS) is 11.1. The molecule has 154 valence electrons. The van der Waals surface area contributed by atoms with Crippen LogP contribution in [0.3, 0.4) is 0 Å². The third-order valence-corrected chi connectivity index (χ3v) is 5.27. The highest BCUT2D eigenvalue weighted by molar-refractivity contribution is 6.35. The van der Waals surface area contributed by atoms with Crippen LogP contribution in [0.2, 0.25) is 10.0 Å². The van der Waals surface area contributed by atoms with Crippen molar-refractivity contribution in [3.8, 4) is 5.69 Å². The number of rotatable bonds is 5. The second-order valence-electron chi connectivity index (χ2n) is 6.66. The lowest BCUT2D eigenvalue weighted by Gasteiger charge is -2.11. The molecule has 1 N–H and O–H groups in total. The van der Waals surface area contributed by atoms with E-state index in [0.29, 0.717) is 10.0 Å². The highest BCUT2D eigenvalue weighted by Crippen LogP contribution is 2.28. The highest BCUT2D eigenvalue weighted by Gasteiger charge is 2.18. The van der Waals surface area contributed by atoms with Gasteiger partial charge in [-0.1, -0.05) is 29.3 Å². The van der Waals surface area contributed by atoms with Gasteiger partial charge in [0.15, 0.2) is 0 Å². The molecule has 0 radical (unpaired) electrons. The summed E-state index contributed by atoms with van der Waals surface area (Å²) in [6.07, 6.45) is 1.52. The quantitative estimate of drug-likeness (QED) is 0.325. The minimum atomic E-state index is -0.526. The Morgan fingerprint density at radius 1 is 1.17 bits per heavy atom. The van der Waals surface area contributed by atoms with E-state index in [1.807, 2.05) is 30.5 Å². The number of nitrogens with one attached hydrogen (secondary N) is 1. The van der Waals surface area contributed by atoms with Crippen molar-refractivity contribution in [3.05, 3.63) is 90.7 Å². The molecule has 9 heteroatoms. The molecule has 0 atom stereocenters. The number of aromatic nitrogens is 1. The molecular weight excluding hydrogens is 427 g/mol. The van der Waals surface area contributed by atoms with Gasteiger partial charge in [0.25, 0.3) is 11.6 Å². The fourth-order valence-electron chi connectivity index (χ4n) is 3.24. The van der Waals surface area contributed by atoms with E-state index < -0.39 is 10.8 Å². The standard InChI is InChI=1S/C21H18Cl2N4O3/c1-12-9-15(14(3)26(12)20-8-7-16(22)10-18(20)23)11-24-25-21(28)17-5-4-6-19(13(17)2)27(29)30/h4-11H,1-3H3,(H,25,28)/b24-11-. The first-order chi connectivity index (χ1) is 14.2. The molecule has 7 nitrogen and oxygen atoms in total. The van der Waals surface area contributed by atoms with Crippen molar-refractivity contribution in [1.82, 2.24) is 9.99 Å². The number of hydrogen-bond acceptors (Lipinski definition) is 4. The topological polar surface area (TPSA) is 89.5 Å². The molecule has 0 spiro atoms. The third-order valence-electron chi connectivity index (χ3n) is 4.74. The maximum atomic E-state index is 12.4. The van der Waals surface area contributed by atoms with E-state index >= 15 is 0 Å². The van der Waals surface area contributed by atoms with E-state index in [-0.39, 0.29) is 16.8 Å². The van der Waals surface area contributed by atoms with Crippen molar-refractivity contribution in [1.29, 1.82) is 0 Å². The minimum absolute atomic E-state index is 0.116. The van der Waals surface area contributed by atoms with Gasteiger partial charge in [0.05, 0.1) is 27.4 Å². The Morgan fingerprint density at radius 2 is 1.90 bits per heavy atom. The summed E-state index contributed by atoms with van der Waals surface area (Å²) in [6.45, 7) is 5.37. The Kier molecular flexibility index (Phi) is 6.24. The molecule has 1 heterocycles. The molecule has 30 heavy (non-hydrogen) atoms. The van der Waals surface area contributed by atoms with E-state index in [2.05, 4.69) is 10.5 Å². The molecule has 0 aliphatic carbocycles. The van der Waals surface area contributed by atoms with Crippen LogP contribution in [0.25, 0.3) is 5.69 Å². The summed E-state index contributed by atoms with van der Waals surface area (Å²) in [6, 6.07) is 11.5. The first-order valence-electron chi connectivity index (χ1n) is 8.92. The van der Waals surface area contributed by atoms with Crippen molar-refractivity contribution in [2.45, 2.75) is 20.8 Å². The Hall–Kier alpha value is -3.16. The van der Waals surface area contributed by atoms with Crippen molar-refractivity contribution < 1.29 is 9.72 Å². The maximum Gasteiger partial charge on any atom is 0.273 e. The molecule has 0 unspecified atom stereocenters. The molecule has 0 saturated heterocycles. The first kappa shape index (κ1) is 21.5. The predicted octanol–water partition coefficient (Wildman–Crippen LogP) is 5.38. The molecule has 0 aliphatic heterocycles. The van der Waals surface area contributed by atoms with Crippen molar-refractivity contribution in [3.63, 3.8) is 0 Å². The largest absolute Gasteiger partial charge is 0.316 e. The lowest BCUT2D eigenvalue weighted by atomic mass is 10.1. The summed E-state index contributed by atoms with van der Waals surface area (Å²) in [4.78, 5) is 22.9. The molecule has 1 aromatic heterocycles. The third kappa shape index (κ3) is 4.22. The van der Waals surface area contributed by atoms with Gasteiger partial charge in [0.1, 0.15) is 0 Å². The van der Waals surface area contributed by atoms with E-state index in [9.17, 15) is 14.9 Å². The Balaban J connectivity index is 1.84. The van der Waals surface area contributed by atoms with Crippen LogP contribution < -0.4 is 5.43 Å². The van der Waals surface area contributed by atoms with E-state index in [0.717, 1.165) is 22.6 Å². The van der Waals surface area contributed by atoms with Gasteiger partial charge in [-0.05, 0) is 51.1 Å². The Labute approximate surface area is 183 Å². The van der Waals surface area contributed by atoms with Gasteiger partial charge in [-0.2, -0.15) is 5.10 Å². The summed E-state index contributed by atoms with van der Waals surface area (Å²) in [5, 5.41) is 16.1. The smallest absolute Gasteiger partial charge is 0.273 e. The number of hydrazone groups is 1. The number of nitro groups is 1. The zero-order chi connectivity index (χ0) is 22.0. The van der Waals surface area contributed by atoms with Crippen molar-refractivity contribution in [2.75, 3.05) is 0 Å². The number of nitro benzene ring substituents is 1. The molecular formula is C21H18Cl2N4O3. The lowest BCUT2D eigenvalue weighted by molar-refractivity contribution is -0.385. The Bertz CT molecular complexity index is 1190. The molecule has 3 rings (SSSR count). The number of carbonyl (C=O) groups excluding carboxylic acids is 1. The summed E-state index contributed by atoms with van der Waals surface area (Å²) >= 11 is 12.3. The molecule has 3 aromatic rings. The van der Waals surface area contributed by atoms with Gasteiger partial charge in [-0.3, -0.25) is 14.9 Å². The van der Waals surface area contributed by atoms with Crippen LogP contribution in [0.1, 0.15) is 32.9 Å². The lowest BCUT2D eigenvalue weighted by Crippen LogP contribution is -2.19.